The number of nitro benzene ring substituents is 1. The predicted molar refractivity (Wildman–Crippen MR) is 164 cm³/mol. The van der Waals surface area contributed by atoms with Crippen LogP contribution in [0.1, 0.15) is 20.7 Å². The van der Waals surface area contributed by atoms with E-state index in [2.05, 4.69) is 30.7 Å². The summed E-state index contributed by atoms with van der Waals surface area (Å²) < 4.78 is 5.85. The van der Waals surface area contributed by atoms with E-state index in [0.29, 0.717) is 28.1 Å². The van der Waals surface area contributed by atoms with Gasteiger partial charge >= 0.3 is 0 Å². The van der Waals surface area contributed by atoms with Crippen molar-refractivity contribution in [2.45, 2.75) is 0 Å². The van der Waals surface area contributed by atoms with Gasteiger partial charge in [0.25, 0.3) is 17.5 Å². The molecule has 0 radical (unpaired) electrons. The summed E-state index contributed by atoms with van der Waals surface area (Å²) in [7, 11) is 0. The minimum atomic E-state index is -0.673. The Kier molecular flexibility index (Phi) is 7.92. The molecule has 222 valence electrons. The summed E-state index contributed by atoms with van der Waals surface area (Å²) in [6.07, 6.45) is 0. The van der Waals surface area contributed by atoms with Crippen LogP contribution in [-0.2, 0) is 4.99 Å². The minimum absolute atomic E-state index is 0.0406. The monoisotopic (exact) mass is 602 g/mol. The van der Waals surface area contributed by atoms with Gasteiger partial charge in [-0.15, -0.1) is 10.2 Å². The Hall–Kier alpha value is -6.44. The molecule has 5 aromatic carbocycles. The zero-order valence-electron chi connectivity index (χ0n) is 23.2. The summed E-state index contributed by atoms with van der Waals surface area (Å²) in [6, 6.07) is 30.4. The zero-order valence-corrected chi connectivity index (χ0v) is 23.2. The van der Waals surface area contributed by atoms with Gasteiger partial charge in [-0.2, -0.15) is 5.90 Å². The van der Waals surface area contributed by atoms with Gasteiger partial charge < -0.3 is 19.9 Å². The first-order valence-corrected chi connectivity index (χ1v) is 13.3. The molecule has 1 aromatic heterocycles. The second kappa shape index (κ2) is 12.4. The number of carbonyl (C=O) groups is 2. The second-order valence-electron chi connectivity index (χ2n) is 9.69. The standard InChI is InChI=1S/C32H22N6O7/c33-45-44-28-17-24(16-27(18-28)38(41)42)30(40)35-26-13-9-21(10-14-26)32-37-36-31(43-32)20-7-11-25(12-8-20)34-29(39)23-6-5-19-3-1-2-4-22(19)15-23/h1-18H,33H2,(H,34,39)(H,35,40). The first-order chi connectivity index (χ1) is 21.9. The van der Waals surface area contributed by atoms with Gasteiger partial charge in [-0.05, 0) is 77.5 Å². The number of fused-ring (bicyclic) bond motifs is 1. The van der Waals surface area contributed by atoms with Crippen LogP contribution in [0.4, 0.5) is 17.1 Å². The lowest BCUT2D eigenvalue weighted by Crippen LogP contribution is -2.13. The van der Waals surface area contributed by atoms with E-state index in [4.69, 9.17) is 10.3 Å². The number of hydrogen-bond donors (Lipinski definition) is 3. The number of amides is 2. The van der Waals surface area contributed by atoms with Crippen LogP contribution in [0.3, 0.4) is 0 Å². The van der Waals surface area contributed by atoms with Gasteiger partial charge in [0.15, 0.2) is 5.75 Å². The fraction of sp³-hybridized carbons (Fsp3) is 0. The summed E-state index contributed by atoms with van der Waals surface area (Å²) in [5.74, 6) is 4.43. The first-order valence-electron chi connectivity index (χ1n) is 13.3. The third-order valence-corrected chi connectivity index (χ3v) is 6.72. The van der Waals surface area contributed by atoms with Crippen LogP contribution in [-0.4, -0.2) is 26.9 Å². The van der Waals surface area contributed by atoms with E-state index in [-0.39, 0.29) is 34.7 Å². The first kappa shape index (κ1) is 28.7. The van der Waals surface area contributed by atoms with Crippen molar-refractivity contribution in [3.8, 4) is 28.7 Å². The number of benzene rings is 5. The van der Waals surface area contributed by atoms with Crippen molar-refractivity contribution in [2.75, 3.05) is 10.6 Å². The van der Waals surface area contributed by atoms with E-state index in [0.717, 1.165) is 22.9 Å². The molecule has 0 saturated carbocycles. The Morgan fingerprint density at radius 2 is 1.29 bits per heavy atom. The largest absolute Gasteiger partial charge is 0.416 e. The maximum atomic E-state index is 12.8. The van der Waals surface area contributed by atoms with Crippen molar-refractivity contribution in [3.63, 3.8) is 0 Å². The number of aromatic nitrogens is 2. The Morgan fingerprint density at radius 1 is 0.711 bits per heavy atom. The molecule has 0 saturated heterocycles. The quantitative estimate of drug-likeness (QED) is 0.0984. The normalized spacial score (nSPS) is 10.8. The number of carbonyl (C=O) groups excluding carboxylic acids is 2. The molecular formula is C32H22N6O7. The predicted octanol–water partition coefficient (Wildman–Crippen LogP) is 6.15. The lowest BCUT2D eigenvalue weighted by atomic mass is 10.1. The molecule has 0 aliphatic rings. The number of rotatable bonds is 9. The highest BCUT2D eigenvalue weighted by molar-refractivity contribution is 6.06. The molecule has 45 heavy (non-hydrogen) atoms. The minimum Gasteiger partial charge on any atom is -0.416 e. The maximum Gasteiger partial charge on any atom is 0.274 e. The van der Waals surface area contributed by atoms with Crippen LogP contribution in [0.2, 0.25) is 0 Å². The van der Waals surface area contributed by atoms with Gasteiger partial charge in [-0.25, -0.2) is 0 Å². The lowest BCUT2D eigenvalue weighted by Gasteiger charge is -2.07. The molecule has 6 aromatic rings. The van der Waals surface area contributed by atoms with Gasteiger partial charge in [-0.1, -0.05) is 35.3 Å². The van der Waals surface area contributed by atoms with Crippen molar-refractivity contribution >= 4 is 39.6 Å². The van der Waals surface area contributed by atoms with E-state index in [1.54, 1.807) is 54.6 Å². The number of nitrogens with one attached hydrogen (secondary N) is 2. The number of hydrogen-bond acceptors (Lipinski definition) is 10. The van der Waals surface area contributed by atoms with Crippen LogP contribution in [0.5, 0.6) is 5.75 Å². The van der Waals surface area contributed by atoms with Gasteiger partial charge in [0.1, 0.15) is 0 Å². The highest BCUT2D eigenvalue weighted by Gasteiger charge is 2.17. The zero-order chi connectivity index (χ0) is 31.3. The van der Waals surface area contributed by atoms with E-state index < -0.39 is 10.8 Å². The van der Waals surface area contributed by atoms with E-state index in [1.807, 2.05) is 36.4 Å². The maximum absolute atomic E-state index is 12.8. The molecule has 0 bridgehead atoms. The van der Waals surface area contributed by atoms with Gasteiger partial charge in [0.05, 0.1) is 16.6 Å². The van der Waals surface area contributed by atoms with Gasteiger partial charge in [-0.3, -0.25) is 19.7 Å². The Bertz CT molecular complexity index is 2040. The van der Waals surface area contributed by atoms with Crippen molar-refractivity contribution in [1.82, 2.24) is 10.2 Å². The lowest BCUT2D eigenvalue weighted by molar-refractivity contribution is -0.385. The van der Waals surface area contributed by atoms with Crippen LogP contribution < -0.4 is 21.4 Å². The smallest absolute Gasteiger partial charge is 0.274 e. The summed E-state index contributed by atoms with van der Waals surface area (Å²) in [5.41, 5.74) is 2.40. The third-order valence-electron chi connectivity index (χ3n) is 6.72. The Balaban J connectivity index is 1.10. The topological polar surface area (TPSA) is 185 Å². The summed E-state index contributed by atoms with van der Waals surface area (Å²) >= 11 is 0. The molecule has 13 nitrogen and oxygen atoms in total. The molecular weight excluding hydrogens is 580 g/mol. The molecule has 0 unspecified atom stereocenters. The van der Waals surface area contributed by atoms with Gasteiger partial charge in [0.2, 0.25) is 11.8 Å². The highest BCUT2D eigenvalue weighted by atomic mass is 17.3. The molecule has 0 aliphatic carbocycles. The van der Waals surface area contributed by atoms with Crippen LogP contribution in [0.25, 0.3) is 33.7 Å². The van der Waals surface area contributed by atoms with Crippen molar-refractivity contribution in [1.29, 1.82) is 0 Å². The van der Waals surface area contributed by atoms with E-state index in [9.17, 15) is 19.7 Å². The molecule has 2 amide bonds. The molecule has 4 N–H and O–H groups in total. The van der Waals surface area contributed by atoms with E-state index >= 15 is 0 Å². The fourth-order valence-electron chi connectivity index (χ4n) is 4.51. The summed E-state index contributed by atoms with van der Waals surface area (Å²) in [6.45, 7) is 0. The van der Waals surface area contributed by atoms with Crippen molar-refractivity contribution in [2.24, 2.45) is 5.90 Å². The Morgan fingerprint density at radius 3 is 1.87 bits per heavy atom. The van der Waals surface area contributed by atoms with Crippen molar-refractivity contribution in [3.05, 3.63) is 130 Å². The third kappa shape index (κ3) is 6.49. The molecule has 0 aliphatic heterocycles. The number of nitrogens with zero attached hydrogens (tertiary/aromatic N) is 3. The van der Waals surface area contributed by atoms with E-state index in [1.165, 1.54) is 6.07 Å². The molecule has 0 spiro atoms. The molecule has 0 atom stereocenters. The number of anilines is 2. The number of non-ortho nitro benzene ring substituents is 1. The average molecular weight is 603 g/mol. The second-order valence-corrected chi connectivity index (χ2v) is 9.69. The summed E-state index contributed by atoms with van der Waals surface area (Å²) in [5, 5.41) is 27.0. The van der Waals surface area contributed by atoms with Gasteiger partial charge in [0, 0.05) is 34.1 Å². The molecule has 6 rings (SSSR count). The van der Waals surface area contributed by atoms with Crippen LogP contribution in [0.15, 0.2) is 114 Å². The average Bonchev–Trinajstić information content (AvgIpc) is 3.55. The summed E-state index contributed by atoms with van der Waals surface area (Å²) in [4.78, 5) is 44.8. The highest BCUT2D eigenvalue weighted by Crippen LogP contribution is 2.27. The Labute approximate surface area is 254 Å². The van der Waals surface area contributed by atoms with Crippen molar-refractivity contribution < 1.29 is 28.8 Å². The SMILES string of the molecule is NOOc1cc(C(=O)Nc2ccc(-c3nnc(-c4ccc(NC(=O)c5ccc6ccccc6c5)cc4)o3)cc2)cc([N+](=O)[O-])c1. The molecule has 0 fully saturated rings. The number of nitrogens with two attached hydrogens (primary N) is 1. The molecule has 13 heteroatoms. The van der Waals surface area contributed by atoms with Crippen LogP contribution in [0, 0.1) is 10.1 Å². The number of nitro groups is 1. The van der Waals surface area contributed by atoms with Crippen LogP contribution >= 0.6 is 0 Å². The fourth-order valence-corrected chi connectivity index (χ4v) is 4.51. The molecule has 1 heterocycles.